The van der Waals surface area contributed by atoms with E-state index in [-0.39, 0.29) is 6.04 Å². The molecular formula is C13H24N2O2S. The minimum Gasteiger partial charge on any atom is -0.311 e. The first-order valence-electron chi connectivity index (χ1n) is 7.26. The minimum atomic E-state index is -3.03. The van der Waals surface area contributed by atoms with E-state index in [4.69, 9.17) is 0 Å². The van der Waals surface area contributed by atoms with Crippen molar-refractivity contribution in [1.82, 2.24) is 9.62 Å². The Morgan fingerprint density at radius 2 is 1.72 bits per heavy atom. The van der Waals surface area contributed by atoms with Crippen LogP contribution in [0.1, 0.15) is 44.9 Å². The molecular weight excluding hydrogens is 248 g/mol. The predicted molar refractivity (Wildman–Crippen MR) is 71.9 cm³/mol. The summed E-state index contributed by atoms with van der Waals surface area (Å²) in [7, 11) is -1.24. The summed E-state index contributed by atoms with van der Waals surface area (Å²) in [6.07, 6.45) is 7.76. The van der Waals surface area contributed by atoms with Gasteiger partial charge in [-0.3, -0.25) is 0 Å². The highest BCUT2D eigenvalue weighted by Crippen LogP contribution is 2.34. The summed E-state index contributed by atoms with van der Waals surface area (Å²) in [5, 5.41) is 3.57. The van der Waals surface area contributed by atoms with E-state index in [1.165, 1.54) is 25.7 Å². The van der Waals surface area contributed by atoms with Gasteiger partial charge in [-0.25, -0.2) is 12.7 Å². The minimum absolute atomic E-state index is 0.230. The lowest BCUT2D eigenvalue weighted by Crippen LogP contribution is -2.49. The van der Waals surface area contributed by atoms with Crippen LogP contribution >= 0.6 is 0 Å². The van der Waals surface area contributed by atoms with E-state index in [1.807, 2.05) is 0 Å². The van der Waals surface area contributed by atoms with Crippen molar-refractivity contribution in [3.05, 3.63) is 0 Å². The molecule has 2 bridgehead atoms. The molecule has 4 nitrogen and oxygen atoms in total. The Labute approximate surface area is 110 Å². The van der Waals surface area contributed by atoms with Gasteiger partial charge < -0.3 is 5.32 Å². The zero-order chi connectivity index (χ0) is 12.8. The molecule has 104 valence electrons. The molecule has 2 atom stereocenters. The molecule has 3 fully saturated rings. The van der Waals surface area contributed by atoms with Crippen LogP contribution in [0.15, 0.2) is 0 Å². The Morgan fingerprint density at radius 3 is 2.28 bits per heavy atom. The van der Waals surface area contributed by atoms with Gasteiger partial charge in [0.1, 0.15) is 0 Å². The average Bonchev–Trinajstić information content (AvgIpc) is 3.12. The molecule has 3 aliphatic rings. The lowest BCUT2D eigenvalue weighted by molar-refractivity contribution is 0.251. The zero-order valence-electron chi connectivity index (χ0n) is 11.1. The molecule has 0 aromatic heterocycles. The molecule has 3 rings (SSSR count). The maximum atomic E-state index is 12.3. The van der Waals surface area contributed by atoms with Crippen molar-refractivity contribution in [2.45, 2.75) is 63.1 Å². The lowest BCUT2D eigenvalue weighted by atomic mass is 10.0. The van der Waals surface area contributed by atoms with Crippen molar-refractivity contribution >= 4 is 10.0 Å². The number of fused-ring (bicyclic) bond motifs is 2. The first kappa shape index (κ1) is 12.9. The van der Waals surface area contributed by atoms with Gasteiger partial charge in [-0.15, -0.1) is 0 Å². The van der Waals surface area contributed by atoms with Gasteiger partial charge >= 0.3 is 0 Å². The van der Waals surface area contributed by atoms with Gasteiger partial charge in [0.2, 0.25) is 10.0 Å². The van der Waals surface area contributed by atoms with Gasteiger partial charge in [-0.05, 0) is 38.0 Å². The van der Waals surface area contributed by atoms with Crippen molar-refractivity contribution in [2.75, 3.05) is 12.8 Å². The highest BCUT2D eigenvalue weighted by Gasteiger charge is 2.38. The number of sulfonamides is 1. The maximum absolute atomic E-state index is 12.3. The van der Waals surface area contributed by atoms with E-state index < -0.39 is 10.0 Å². The van der Waals surface area contributed by atoms with Gasteiger partial charge in [-0.1, -0.05) is 12.8 Å². The summed E-state index contributed by atoms with van der Waals surface area (Å²) < 4.78 is 26.3. The topological polar surface area (TPSA) is 49.4 Å². The highest BCUT2D eigenvalue weighted by atomic mass is 32.2. The fourth-order valence-corrected chi connectivity index (χ4v) is 4.96. The van der Waals surface area contributed by atoms with Crippen LogP contribution in [-0.2, 0) is 10.0 Å². The quantitative estimate of drug-likeness (QED) is 0.821. The Hall–Kier alpha value is -0.130. The zero-order valence-corrected chi connectivity index (χ0v) is 12.0. The summed E-state index contributed by atoms with van der Waals surface area (Å²) in [4.78, 5) is 0. The lowest BCUT2D eigenvalue weighted by Gasteiger charge is -2.34. The largest absolute Gasteiger partial charge is 0.311 e. The SMILES string of the molecule is CN(C1CC2CCC(C1)N2)S(=O)(=O)CCC1CC1. The van der Waals surface area contributed by atoms with Gasteiger partial charge in [0.05, 0.1) is 5.75 Å². The Balaban J connectivity index is 1.60. The number of hydrogen-bond acceptors (Lipinski definition) is 3. The molecule has 1 saturated carbocycles. The summed E-state index contributed by atoms with van der Waals surface area (Å²) in [6, 6.07) is 1.33. The molecule has 2 heterocycles. The highest BCUT2D eigenvalue weighted by molar-refractivity contribution is 7.89. The van der Waals surface area contributed by atoms with Crippen LogP contribution in [0.4, 0.5) is 0 Å². The number of nitrogens with zero attached hydrogens (tertiary/aromatic N) is 1. The van der Waals surface area contributed by atoms with Crippen molar-refractivity contribution < 1.29 is 8.42 Å². The number of nitrogens with one attached hydrogen (secondary N) is 1. The number of hydrogen-bond donors (Lipinski definition) is 1. The second-order valence-corrected chi connectivity index (χ2v) is 8.48. The van der Waals surface area contributed by atoms with Crippen LogP contribution < -0.4 is 5.32 Å². The van der Waals surface area contributed by atoms with E-state index >= 15 is 0 Å². The molecule has 1 aliphatic carbocycles. The van der Waals surface area contributed by atoms with Crippen molar-refractivity contribution in [2.24, 2.45) is 5.92 Å². The molecule has 0 radical (unpaired) electrons. The smallest absolute Gasteiger partial charge is 0.214 e. The van der Waals surface area contributed by atoms with Gasteiger partial charge in [-0.2, -0.15) is 0 Å². The average molecular weight is 272 g/mol. The van der Waals surface area contributed by atoms with Crippen LogP contribution in [0.5, 0.6) is 0 Å². The molecule has 0 aromatic carbocycles. The standard InChI is InChI=1S/C13H24N2O2S/c1-15(18(16,17)7-6-10-2-3-10)13-8-11-4-5-12(9-13)14-11/h10-14H,2-9H2,1H3. The first-order chi connectivity index (χ1) is 8.54. The van der Waals surface area contributed by atoms with Gasteiger partial charge in [0, 0.05) is 25.2 Å². The third kappa shape index (κ3) is 2.73. The maximum Gasteiger partial charge on any atom is 0.214 e. The van der Waals surface area contributed by atoms with Gasteiger partial charge in [0.25, 0.3) is 0 Å². The first-order valence-corrected chi connectivity index (χ1v) is 8.87. The summed E-state index contributed by atoms with van der Waals surface area (Å²) in [5.41, 5.74) is 0. The van der Waals surface area contributed by atoms with Crippen LogP contribution in [0.2, 0.25) is 0 Å². The summed E-state index contributed by atoms with van der Waals surface area (Å²) in [6.45, 7) is 0. The monoisotopic (exact) mass is 272 g/mol. The third-order valence-electron chi connectivity index (χ3n) is 4.88. The van der Waals surface area contributed by atoms with E-state index in [1.54, 1.807) is 11.4 Å². The Bertz CT molecular complexity index is 393. The number of rotatable bonds is 5. The molecule has 2 unspecified atom stereocenters. The summed E-state index contributed by atoms with van der Waals surface area (Å²) >= 11 is 0. The van der Waals surface area contributed by atoms with E-state index in [0.29, 0.717) is 23.8 Å². The van der Waals surface area contributed by atoms with Gasteiger partial charge in [0.15, 0.2) is 0 Å². The Kier molecular flexibility index (Phi) is 3.41. The molecule has 2 saturated heterocycles. The molecule has 5 heteroatoms. The van der Waals surface area contributed by atoms with E-state index in [2.05, 4.69) is 5.32 Å². The second kappa shape index (κ2) is 4.76. The van der Waals surface area contributed by atoms with Crippen LogP contribution in [0, 0.1) is 5.92 Å². The molecule has 0 aromatic rings. The molecule has 0 amide bonds. The second-order valence-electron chi connectivity index (χ2n) is 6.33. The number of piperidine rings is 1. The van der Waals surface area contributed by atoms with E-state index in [0.717, 1.165) is 19.3 Å². The van der Waals surface area contributed by atoms with Crippen molar-refractivity contribution in [1.29, 1.82) is 0 Å². The fraction of sp³-hybridized carbons (Fsp3) is 1.00. The Morgan fingerprint density at radius 1 is 1.11 bits per heavy atom. The molecule has 0 spiro atoms. The normalized spacial score (nSPS) is 36.2. The fourth-order valence-electron chi connectivity index (χ4n) is 3.42. The summed E-state index contributed by atoms with van der Waals surface area (Å²) in [5.74, 6) is 1.05. The molecule has 1 N–H and O–H groups in total. The predicted octanol–water partition coefficient (Wildman–Crippen LogP) is 1.33. The third-order valence-corrected chi connectivity index (χ3v) is 6.81. The van der Waals surface area contributed by atoms with Crippen LogP contribution in [0.25, 0.3) is 0 Å². The van der Waals surface area contributed by atoms with Crippen molar-refractivity contribution in [3.63, 3.8) is 0 Å². The van der Waals surface area contributed by atoms with E-state index in [9.17, 15) is 8.42 Å². The van der Waals surface area contributed by atoms with Crippen LogP contribution in [0.3, 0.4) is 0 Å². The van der Waals surface area contributed by atoms with Crippen LogP contribution in [-0.4, -0.2) is 43.6 Å². The van der Waals surface area contributed by atoms with Crippen molar-refractivity contribution in [3.8, 4) is 0 Å². The molecule has 2 aliphatic heterocycles. The molecule has 18 heavy (non-hydrogen) atoms.